The second-order valence-corrected chi connectivity index (χ2v) is 9.80. The van der Waals surface area contributed by atoms with Crippen molar-refractivity contribution in [2.24, 2.45) is 5.92 Å². The number of nitrogens with one attached hydrogen (secondary N) is 2. The number of aromatic nitrogens is 6. The predicted molar refractivity (Wildman–Crippen MR) is 135 cm³/mol. The first-order valence-corrected chi connectivity index (χ1v) is 12.7. The molecule has 10 nitrogen and oxygen atoms in total. The molecular formula is C25H26N8O2S. The summed E-state index contributed by atoms with van der Waals surface area (Å²) in [6.45, 7) is 0. The van der Waals surface area contributed by atoms with Crippen molar-refractivity contribution < 1.29 is 9.90 Å². The zero-order valence-electron chi connectivity index (χ0n) is 19.5. The summed E-state index contributed by atoms with van der Waals surface area (Å²) in [6.07, 6.45) is 6.81. The summed E-state index contributed by atoms with van der Waals surface area (Å²) in [5.41, 5.74) is 2.07. The van der Waals surface area contributed by atoms with E-state index in [1.54, 1.807) is 30.6 Å². The van der Waals surface area contributed by atoms with Gasteiger partial charge in [0, 0.05) is 30.4 Å². The van der Waals surface area contributed by atoms with Crippen molar-refractivity contribution in [2.75, 3.05) is 10.6 Å². The van der Waals surface area contributed by atoms with E-state index in [2.05, 4.69) is 41.0 Å². The number of aliphatic hydroxyl groups excluding tert-OH is 1. The van der Waals surface area contributed by atoms with Crippen LogP contribution in [-0.4, -0.2) is 47.6 Å². The molecule has 4 aromatic rings. The van der Waals surface area contributed by atoms with Crippen molar-refractivity contribution in [3.63, 3.8) is 0 Å². The molecule has 0 saturated heterocycles. The van der Waals surface area contributed by atoms with E-state index in [9.17, 15) is 9.90 Å². The predicted octanol–water partition coefficient (Wildman–Crippen LogP) is 3.47. The zero-order chi connectivity index (χ0) is 24.7. The first-order chi connectivity index (χ1) is 17.6. The van der Waals surface area contributed by atoms with Crippen LogP contribution in [0, 0.1) is 5.92 Å². The molecule has 1 aliphatic carbocycles. The topological polar surface area (TPSA) is 139 Å². The first-order valence-electron chi connectivity index (χ1n) is 11.9. The Hall–Kier alpha value is -3.83. The largest absolute Gasteiger partial charge is 0.373 e. The second kappa shape index (κ2) is 11.3. The molecule has 0 radical (unpaired) electrons. The summed E-state index contributed by atoms with van der Waals surface area (Å²) in [5, 5.41) is 34.5. The van der Waals surface area contributed by atoms with E-state index in [0.717, 1.165) is 42.1 Å². The molecule has 11 heteroatoms. The highest BCUT2D eigenvalue weighted by atomic mass is 32.1. The average Bonchev–Trinajstić information content (AvgIpc) is 3.56. The number of aliphatic hydroxyl groups is 1. The van der Waals surface area contributed by atoms with Crippen molar-refractivity contribution in [3.8, 4) is 0 Å². The lowest BCUT2D eigenvalue weighted by Gasteiger charge is -2.13. The van der Waals surface area contributed by atoms with Crippen molar-refractivity contribution in [1.29, 1.82) is 0 Å². The Labute approximate surface area is 212 Å². The average molecular weight is 503 g/mol. The lowest BCUT2D eigenvalue weighted by molar-refractivity contribution is 0.102. The molecular weight excluding hydrogens is 476 g/mol. The number of carbonyl (C=O) groups excluding carboxylic acids is 1. The number of hydrogen-bond acceptors (Lipinski definition) is 10. The number of nitrogens with zero attached hydrogens (tertiary/aromatic N) is 6. The van der Waals surface area contributed by atoms with Crippen molar-refractivity contribution in [3.05, 3.63) is 83.0 Å². The minimum atomic E-state index is -0.791. The molecule has 184 valence electrons. The van der Waals surface area contributed by atoms with Gasteiger partial charge in [-0.05, 0) is 68.0 Å². The van der Waals surface area contributed by atoms with Gasteiger partial charge in [0.2, 0.25) is 5.13 Å². The molecule has 5 rings (SSSR count). The Kier molecular flexibility index (Phi) is 7.48. The Morgan fingerprint density at radius 1 is 0.972 bits per heavy atom. The number of pyridine rings is 2. The summed E-state index contributed by atoms with van der Waals surface area (Å²) in [4.78, 5) is 20.6. The third-order valence-corrected chi connectivity index (χ3v) is 7.11. The molecule has 1 aliphatic rings. The fraction of sp³-hybridized carbons (Fsp3) is 0.320. The smallest absolute Gasteiger partial charge is 0.276 e. The minimum Gasteiger partial charge on any atom is -0.373 e. The maximum absolute atomic E-state index is 12.3. The number of rotatable bonds is 9. The van der Waals surface area contributed by atoms with E-state index < -0.39 is 6.23 Å². The monoisotopic (exact) mass is 502 g/mol. The third kappa shape index (κ3) is 6.23. The molecule has 0 spiro atoms. The quantitative estimate of drug-likeness (QED) is 0.294. The molecule has 0 aliphatic heterocycles. The number of amides is 1. The molecule has 1 unspecified atom stereocenters. The van der Waals surface area contributed by atoms with Crippen LogP contribution in [0.4, 0.5) is 10.9 Å². The maximum atomic E-state index is 12.3. The highest BCUT2D eigenvalue weighted by Crippen LogP contribution is 2.41. The van der Waals surface area contributed by atoms with Gasteiger partial charge in [-0.1, -0.05) is 23.5 Å². The molecule has 1 fully saturated rings. The summed E-state index contributed by atoms with van der Waals surface area (Å²) >= 11 is 1.42. The fourth-order valence-corrected chi connectivity index (χ4v) is 5.26. The van der Waals surface area contributed by atoms with Crippen LogP contribution in [0.25, 0.3) is 0 Å². The molecule has 1 saturated carbocycles. The van der Waals surface area contributed by atoms with Gasteiger partial charge in [0.25, 0.3) is 5.91 Å². The molecule has 36 heavy (non-hydrogen) atoms. The summed E-state index contributed by atoms with van der Waals surface area (Å²) in [5.74, 6) is 1.04. The van der Waals surface area contributed by atoms with Gasteiger partial charge in [-0.3, -0.25) is 20.1 Å². The summed E-state index contributed by atoms with van der Waals surface area (Å²) < 4.78 is 0. The fourth-order valence-electron chi connectivity index (χ4n) is 4.37. The van der Waals surface area contributed by atoms with Crippen LogP contribution >= 0.6 is 11.3 Å². The molecule has 4 aromatic heterocycles. The normalized spacial score (nSPS) is 18.0. The van der Waals surface area contributed by atoms with E-state index >= 15 is 0 Å². The maximum Gasteiger partial charge on any atom is 0.276 e. The highest BCUT2D eigenvalue weighted by Gasteiger charge is 2.29. The molecule has 3 atom stereocenters. The van der Waals surface area contributed by atoms with E-state index in [1.165, 1.54) is 11.3 Å². The van der Waals surface area contributed by atoms with Gasteiger partial charge in [-0.15, -0.1) is 15.3 Å². The molecule has 1 amide bonds. The third-order valence-electron chi connectivity index (χ3n) is 6.11. The Morgan fingerprint density at radius 2 is 1.83 bits per heavy atom. The van der Waals surface area contributed by atoms with Crippen LogP contribution in [0.3, 0.4) is 0 Å². The van der Waals surface area contributed by atoms with Gasteiger partial charge in [0.15, 0.2) is 5.82 Å². The van der Waals surface area contributed by atoms with E-state index in [-0.39, 0.29) is 5.91 Å². The van der Waals surface area contributed by atoms with Crippen LogP contribution in [0.15, 0.2) is 60.9 Å². The molecule has 4 heterocycles. The van der Waals surface area contributed by atoms with Gasteiger partial charge >= 0.3 is 0 Å². The minimum absolute atomic E-state index is 0.289. The van der Waals surface area contributed by atoms with Gasteiger partial charge in [-0.25, -0.2) is 0 Å². The van der Waals surface area contributed by atoms with Crippen LogP contribution in [-0.2, 0) is 12.8 Å². The van der Waals surface area contributed by atoms with Gasteiger partial charge in [0.05, 0.1) is 5.69 Å². The van der Waals surface area contributed by atoms with Crippen LogP contribution in [0.2, 0.25) is 0 Å². The number of carbonyl (C=O) groups is 1. The zero-order valence-corrected chi connectivity index (χ0v) is 20.3. The molecule has 0 bridgehead atoms. The van der Waals surface area contributed by atoms with Crippen molar-refractivity contribution in [1.82, 2.24) is 30.4 Å². The van der Waals surface area contributed by atoms with Crippen molar-refractivity contribution >= 4 is 28.2 Å². The lowest BCUT2D eigenvalue weighted by Crippen LogP contribution is -2.22. The first kappa shape index (κ1) is 23.9. The summed E-state index contributed by atoms with van der Waals surface area (Å²) in [6, 6.07) is 14.6. The second-order valence-electron chi connectivity index (χ2n) is 8.79. The highest BCUT2D eigenvalue weighted by molar-refractivity contribution is 7.15. The Bertz CT molecular complexity index is 1270. The number of anilines is 2. The van der Waals surface area contributed by atoms with Crippen LogP contribution in [0.5, 0.6) is 0 Å². The number of hydrogen-bond donors (Lipinski definition) is 3. The van der Waals surface area contributed by atoms with Crippen molar-refractivity contribution in [2.45, 2.75) is 44.2 Å². The van der Waals surface area contributed by atoms with E-state index in [1.807, 2.05) is 30.3 Å². The lowest BCUT2D eigenvalue weighted by atomic mass is 10.00. The van der Waals surface area contributed by atoms with E-state index in [0.29, 0.717) is 34.9 Å². The van der Waals surface area contributed by atoms with Gasteiger partial charge in [-0.2, -0.15) is 5.10 Å². The van der Waals surface area contributed by atoms with Crippen LogP contribution in [0.1, 0.15) is 52.1 Å². The van der Waals surface area contributed by atoms with Gasteiger partial charge < -0.3 is 10.4 Å². The van der Waals surface area contributed by atoms with Gasteiger partial charge in [0.1, 0.15) is 16.9 Å². The molecule has 3 N–H and O–H groups in total. The SMILES string of the molecule is O=C(Nc1nnc([C@@H]2CC[C@H](Cc3ccc(NC(O)Cc4ccccn4)nn3)C2)s1)c1ccccn1. The standard InChI is InChI=1S/C25H26N8O2S/c34-22(15-18-5-1-3-11-26-18)28-21-10-9-19(30-31-21)14-16-7-8-17(13-16)24-32-33-25(36-24)29-23(35)20-6-2-4-12-27-20/h1-6,9-12,16-17,22,34H,7-8,13-15H2,(H,28,31)(H,29,33,35)/t16-,17+,22?/m0/s1. The molecule has 0 aromatic carbocycles. The Balaban J connectivity index is 1.10. The summed E-state index contributed by atoms with van der Waals surface area (Å²) in [7, 11) is 0. The van der Waals surface area contributed by atoms with E-state index in [4.69, 9.17) is 0 Å². The van der Waals surface area contributed by atoms with Crippen LogP contribution < -0.4 is 10.6 Å². The Morgan fingerprint density at radius 3 is 2.58 bits per heavy atom.